The van der Waals surface area contributed by atoms with Gasteiger partial charge in [-0.1, -0.05) is 6.07 Å². The number of anilines is 1. The second-order valence-corrected chi connectivity index (χ2v) is 5.85. The van der Waals surface area contributed by atoms with Gasteiger partial charge in [-0.15, -0.1) is 0 Å². The van der Waals surface area contributed by atoms with Crippen molar-refractivity contribution in [3.8, 4) is 5.75 Å². The molecule has 1 aromatic carbocycles. The molecule has 0 bridgehead atoms. The molecular formula is C13H13N3O4S. The van der Waals surface area contributed by atoms with Crippen LogP contribution in [0.25, 0.3) is 0 Å². The van der Waals surface area contributed by atoms with Crippen LogP contribution in [0.1, 0.15) is 15.9 Å². The van der Waals surface area contributed by atoms with Gasteiger partial charge in [0.05, 0.1) is 16.7 Å². The highest BCUT2D eigenvalue weighted by molar-refractivity contribution is 7.89. The lowest BCUT2D eigenvalue weighted by atomic mass is 10.1. The number of hydrogen-bond acceptors (Lipinski definition) is 5. The summed E-state index contributed by atoms with van der Waals surface area (Å²) in [5.74, 6) is -0.847. The third kappa shape index (κ3) is 3.18. The van der Waals surface area contributed by atoms with Crippen LogP contribution in [-0.4, -0.2) is 24.4 Å². The van der Waals surface area contributed by atoms with Gasteiger partial charge in [0, 0.05) is 11.9 Å². The molecule has 2 rings (SSSR count). The van der Waals surface area contributed by atoms with E-state index in [2.05, 4.69) is 10.3 Å². The van der Waals surface area contributed by atoms with Crippen molar-refractivity contribution >= 4 is 21.6 Å². The molecule has 110 valence electrons. The molecule has 1 heterocycles. The molecule has 0 unspecified atom stereocenters. The number of primary sulfonamides is 1. The molecular weight excluding hydrogens is 294 g/mol. The highest BCUT2D eigenvalue weighted by Gasteiger charge is 2.16. The van der Waals surface area contributed by atoms with Crippen molar-refractivity contribution < 1.29 is 18.3 Å². The van der Waals surface area contributed by atoms with E-state index >= 15 is 0 Å². The zero-order chi connectivity index (χ0) is 15.6. The number of carbonyl (C=O) groups is 1. The molecule has 7 nitrogen and oxygen atoms in total. The van der Waals surface area contributed by atoms with Crippen LogP contribution in [0.15, 0.2) is 41.6 Å². The molecule has 0 saturated carbocycles. The SMILES string of the molecule is Cc1c(NC(=O)c2ccncc2O)cccc1S(N)(=O)=O. The Morgan fingerprint density at radius 1 is 1.33 bits per heavy atom. The standard InChI is InChI=1S/C13H13N3O4S/c1-8-10(3-2-4-12(8)21(14,19)20)16-13(18)9-5-6-15-7-11(9)17/h2-7,17H,1H3,(H,16,18)(H2,14,19,20). The number of nitrogens with zero attached hydrogens (tertiary/aromatic N) is 1. The normalized spacial score (nSPS) is 11.1. The summed E-state index contributed by atoms with van der Waals surface area (Å²) in [7, 11) is -3.88. The topological polar surface area (TPSA) is 122 Å². The molecule has 21 heavy (non-hydrogen) atoms. The quantitative estimate of drug-likeness (QED) is 0.780. The van der Waals surface area contributed by atoms with Crippen LogP contribution in [0, 0.1) is 6.92 Å². The maximum absolute atomic E-state index is 12.1. The van der Waals surface area contributed by atoms with E-state index in [-0.39, 0.29) is 16.2 Å². The van der Waals surface area contributed by atoms with Crippen molar-refractivity contribution in [2.75, 3.05) is 5.32 Å². The molecule has 0 aliphatic carbocycles. The number of amides is 1. The van der Waals surface area contributed by atoms with E-state index in [4.69, 9.17) is 5.14 Å². The van der Waals surface area contributed by atoms with Gasteiger partial charge in [0.2, 0.25) is 10.0 Å². The minimum atomic E-state index is -3.88. The van der Waals surface area contributed by atoms with Crippen LogP contribution in [0.5, 0.6) is 5.75 Å². The monoisotopic (exact) mass is 307 g/mol. The van der Waals surface area contributed by atoms with Crippen molar-refractivity contribution in [3.63, 3.8) is 0 Å². The van der Waals surface area contributed by atoms with E-state index in [0.29, 0.717) is 11.3 Å². The Kier molecular flexibility index (Phi) is 3.92. The Morgan fingerprint density at radius 2 is 2.05 bits per heavy atom. The first kappa shape index (κ1) is 14.9. The van der Waals surface area contributed by atoms with Crippen LogP contribution < -0.4 is 10.5 Å². The highest BCUT2D eigenvalue weighted by atomic mass is 32.2. The van der Waals surface area contributed by atoms with Gasteiger partial charge in [0.1, 0.15) is 5.75 Å². The van der Waals surface area contributed by atoms with Gasteiger partial charge in [-0.25, -0.2) is 13.6 Å². The van der Waals surface area contributed by atoms with E-state index in [1.807, 2.05) is 0 Å². The summed E-state index contributed by atoms with van der Waals surface area (Å²) in [6.45, 7) is 1.53. The summed E-state index contributed by atoms with van der Waals surface area (Å²) < 4.78 is 22.9. The number of benzene rings is 1. The Bertz CT molecular complexity index is 803. The molecule has 0 atom stereocenters. The summed E-state index contributed by atoms with van der Waals surface area (Å²) in [6, 6.07) is 5.71. The summed E-state index contributed by atoms with van der Waals surface area (Å²) in [6.07, 6.45) is 2.50. The first-order valence-corrected chi connectivity index (χ1v) is 7.42. The number of nitrogens with two attached hydrogens (primary N) is 1. The number of aromatic nitrogens is 1. The molecule has 4 N–H and O–H groups in total. The molecule has 1 amide bonds. The zero-order valence-corrected chi connectivity index (χ0v) is 11.9. The zero-order valence-electron chi connectivity index (χ0n) is 11.1. The summed E-state index contributed by atoms with van der Waals surface area (Å²) in [5.41, 5.74) is 0.648. The van der Waals surface area contributed by atoms with E-state index in [1.165, 1.54) is 31.3 Å². The van der Waals surface area contributed by atoms with Crippen LogP contribution in [0.4, 0.5) is 5.69 Å². The van der Waals surface area contributed by atoms with Crippen molar-refractivity contribution in [1.29, 1.82) is 0 Å². The summed E-state index contributed by atoms with van der Waals surface area (Å²) >= 11 is 0. The number of rotatable bonds is 3. The molecule has 0 saturated heterocycles. The fraction of sp³-hybridized carbons (Fsp3) is 0.0769. The molecule has 0 fully saturated rings. The van der Waals surface area contributed by atoms with Gasteiger partial charge >= 0.3 is 0 Å². The second kappa shape index (κ2) is 5.51. The number of nitrogens with one attached hydrogen (secondary N) is 1. The van der Waals surface area contributed by atoms with Crippen molar-refractivity contribution in [3.05, 3.63) is 47.8 Å². The number of hydrogen-bond donors (Lipinski definition) is 3. The molecule has 8 heteroatoms. The smallest absolute Gasteiger partial charge is 0.259 e. The van der Waals surface area contributed by atoms with Gasteiger partial charge in [0.25, 0.3) is 5.91 Å². The van der Waals surface area contributed by atoms with Crippen molar-refractivity contribution in [2.24, 2.45) is 5.14 Å². The maximum atomic E-state index is 12.1. The molecule has 0 aliphatic rings. The average molecular weight is 307 g/mol. The van der Waals surface area contributed by atoms with Crippen LogP contribution in [-0.2, 0) is 10.0 Å². The second-order valence-electron chi connectivity index (χ2n) is 4.32. The lowest BCUT2D eigenvalue weighted by Crippen LogP contribution is -2.17. The Hall–Kier alpha value is -2.45. The van der Waals surface area contributed by atoms with Crippen LogP contribution in [0.2, 0.25) is 0 Å². The minimum absolute atomic E-state index is 0.0328. The van der Waals surface area contributed by atoms with Gasteiger partial charge < -0.3 is 10.4 Å². The Balaban J connectivity index is 2.37. The minimum Gasteiger partial charge on any atom is -0.505 e. The number of aromatic hydroxyl groups is 1. The van der Waals surface area contributed by atoms with Gasteiger partial charge in [-0.2, -0.15) is 0 Å². The van der Waals surface area contributed by atoms with E-state index < -0.39 is 15.9 Å². The Morgan fingerprint density at radius 3 is 2.67 bits per heavy atom. The maximum Gasteiger partial charge on any atom is 0.259 e. The van der Waals surface area contributed by atoms with Gasteiger partial charge in [-0.3, -0.25) is 9.78 Å². The molecule has 0 aliphatic heterocycles. The predicted octanol–water partition coefficient (Wildman–Crippen LogP) is 0.995. The van der Waals surface area contributed by atoms with Crippen LogP contribution >= 0.6 is 0 Å². The molecule has 0 radical (unpaired) electrons. The molecule has 2 aromatic rings. The molecule has 0 spiro atoms. The summed E-state index contributed by atoms with van der Waals surface area (Å²) in [5, 5.41) is 17.2. The lowest BCUT2D eigenvalue weighted by molar-refractivity contribution is 0.102. The van der Waals surface area contributed by atoms with Crippen molar-refractivity contribution in [2.45, 2.75) is 11.8 Å². The third-order valence-corrected chi connectivity index (χ3v) is 3.94. The summed E-state index contributed by atoms with van der Waals surface area (Å²) in [4.78, 5) is 15.7. The average Bonchev–Trinajstić information content (AvgIpc) is 2.40. The third-order valence-electron chi connectivity index (χ3n) is 2.88. The van der Waals surface area contributed by atoms with E-state index in [9.17, 15) is 18.3 Å². The number of sulfonamides is 1. The molecule has 1 aromatic heterocycles. The first-order valence-electron chi connectivity index (χ1n) is 5.87. The lowest BCUT2D eigenvalue weighted by Gasteiger charge is -2.11. The fourth-order valence-corrected chi connectivity index (χ4v) is 2.63. The highest BCUT2D eigenvalue weighted by Crippen LogP contribution is 2.23. The predicted molar refractivity (Wildman–Crippen MR) is 76.4 cm³/mol. The van der Waals surface area contributed by atoms with Gasteiger partial charge in [-0.05, 0) is 30.7 Å². The van der Waals surface area contributed by atoms with Crippen molar-refractivity contribution in [1.82, 2.24) is 4.98 Å². The first-order chi connectivity index (χ1) is 9.80. The number of carbonyl (C=O) groups excluding carboxylic acids is 1. The van der Waals surface area contributed by atoms with Crippen LogP contribution in [0.3, 0.4) is 0 Å². The Labute approximate surface area is 121 Å². The number of pyridine rings is 1. The van der Waals surface area contributed by atoms with Gasteiger partial charge in [0.15, 0.2) is 0 Å². The van der Waals surface area contributed by atoms with E-state index in [0.717, 1.165) is 6.20 Å². The van der Waals surface area contributed by atoms with E-state index in [1.54, 1.807) is 6.07 Å². The fourth-order valence-electron chi connectivity index (χ4n) is 1.83. The largest absolute Gasteiger partial charge is 0.505 e.